The molecule has 6 nitrogen and oxygen atoms in total. The molecule has 144 valence electrons. The third kappa shape index (κ3) is 2.78. The van der Waals surface area contributed by atoms with E-state index in [4.69, 9.17) is 9.47 Å². The molecule has 0 radical (unpaired) electrons. The van der Waals surface area contributed by atoms with Gasteiger partial charge >= 0.3 is 0 Å². The van der Waals surface area contributed by atoms with Crippen molar-refractivity contribution in [2.24, 2.45) is 0 Å². The molecule has 1 amide bonds. The van der Waals surface area contributed by atoms with Crippen LogP contribution in [0.5, 0.6) is 0 Å². The molecule has 1 aromatic carbocycles. The molecular weight excluding hydrogens is 342 g/mol. The van der Waals surface area contributed by atoms with Crippen LogP contribution in [0.25, 0.3) is 10.9 Å². The number of nitrogens with one attached hydrogen (secondary N) is 1. The van der Waals surface area contributed by atoms with Gasteiger partial charge in [-0.1, -0.05) is 18.2 Å². The van der Waals surface area contributed by atoms with Gasteiger partial charge in [-0.2, -0.15) is 0 Å². The van der Waals surface area contributed by atoms with Gasteiger partial charge in [-0.3, -0.25) is 9.69 Å². The number of H-pyrrole nitrogens is 1. The molecular formula is C21H27N3O3. The Morgan fingerprint density at radius 2 is 2.00 bits per heavy atom. The van der Waals surface area contributed by atoms with Crippen LogP contribution in [0.4, 0.5) is 0 Å². The SMILES string of the molecule is CN1CCOCC1C(=O)N1CCC2(CC1)OCCc1c2[nH]c2ccccc12. The van der Waals surface area contributed by atoms with E-state index in [0.717, 1.165) is 45.5 Å². The van der Waals surface area contributed by atoms with Crippen LogP contribution < -0.4 is 0 Å². The minimum atomic E-state index is -0.279. The van der Waals surface area contributed by atoms with E-state index in [9.17, 15) is 4.79 Å². The fraction of sp³-hybridized carbons (Fsp3) is 0.571. The van der Waals surface area contributed by atoms with Crippen molar-refractivity contribution in [1.82, 2.24) is 14.8 Å². The first-order valence-corrected chi connectivity index (χ1v) is 9.99. The summed E-state index contributed by atoms with van der Waals surface area (Å²) in [5.74, 6) is 0.194. The molecule has 5 rings (SSSR count). The summed E-state index contributed by atoms with van der Waals surface area (Å²) in [7, 11) is 2.01. The lowest BCUT2D eigenvalue weighted by molar-refractivity contribution is -0.150. The maximum Gasteiger partial charge on any atom is 0.242 e. The van der Waals surface area contributed by atoms with Crippen LogP contribution in [0, 0.1) is 0 Å². The van der Waals surface area contributed by atoms with Crippen LogP contribution in [-0.4, -0.2) is 73.2 Å². The number of piperidine rings is 1. The maximum absolute atomic E-state index is 13.0. The molecule has 0 aliphatic carbocycles. The summed E-state index contributed by atoms with van der Waals surface area (Å²) in [6.45, 7) is 4.24. The summed E-state index contributed by atoms with van der Waals surface area (Å²) in [5, 5.41) is 1.31. The van der Waals surface area contributed by atoms with E-state index >= 15 is 0 Å². The van der Waals surface area contributed by atoms with E-state index < -0.39 is 0 Å². The summed E-state index contributed by atoms with van der Waals surface area (Å²) in [5.41, 5.74) is 3.54. The van der Waals surface area contributed by atoms with Crippen LogP contribution in [0.15, 0.2) is 24.3 Å². The van der Waals surface area contributed by atoms with Gasteiger partial charge in [0.2, 0.25) is 5.91 Å². The number of hydrogen-bond donors (Lipinski definition) is 1. The molecule has 4 heterocycles. The van der Waals surface area contributed by atoms with Gasteiger partial charge in [0, 0.05) is 30.5 Å². The minimum absolute atomic E-state index is 0.149. The molecule has 1 unspecified atom stereocenters. The third-order valence-corrected chi connectivity index (χ3v) is 6.56. The van der Waals surface area contributed by atoms with E-state index in [2.05, 4.69) is 34.1 Å². The van der Waals surface area contributed by atoms with Crippen molar-refractivity contribution < 1.29 is 14.3 Å². The van der Waals surface area contributed by atoms with Crippen molar-refractivity contribution in [3.63, 3.8) is 0 Å². The van der Waals surface area contributed by atoms with Crippen LogP contribution in [-0.2, 0) is 26.3 Å². The Morgan fingerprint density at radius 1 is 1.19 bits per heavy atom. The first-order chi connectivity index (χ1) is 13.2. The lowest BCUT2D eigenvalue weighted by Gasteiger charge is -2.45. The normalized spacial score (nSPS) is 25.7. The first kappa shape index (κ1) is 17.2. The lowest BCUT2D eigenvalue weighted by atomic mass is 9.83. The number of carbonyl (C=O) groups excluding carboxylic acids is 1. The highest BCUT2D eigenvalue weighted by Gasteiger charge is 2.44. The second-order valence-electron chi connectivity index (χ2n) is 8.01. The maximum atomic E-state index is 13.0. The average molecular weight is 369 g/mol. The number of likely N-dealkylation sites (tertiary alicyclic amines) is 1. The monoisotopic (exact) mass is 369 g/mol. The van der Waals surface area contributed by atoms with E-state index in [1.807, 2.05) is 11.9 Å². The Kier molecular flexibility index (Phi) is 4.22. The highest BCUT2D eigenvalue weighted by atomic mass is 16.5. The predicted molar refractivity (Wildman–Crippen MR) is 103 cm³/mol. The molecule has 1 spiro atoms. The summed E-state index contributed by atoms with van der Waals surface area (Å²) in [4.78, 5) is 20.7. The van der Waals surface area contributed by atoms with Crippen molar-refractivity contribution >= 4 is 16.8 Å². The van der Waals surface area contributed by atoms with E-state index in [0.29, 0.717) is 13.2 Å². The lowest BCUT2D eigenvalue weighted by Crippen LogP contribution is -2.56. The van der Waals surface area contributed by atoms with Gasteiger partial charge in [0.1, 0.15) is 11.6 Å². The van der Waals surface area contributed by atoms with Crippen molar-refractivity contribution in [2.45, 2.75) is 30.9 Å². The van der Waals surface area contributed by atoms with Gasteiger partial charge in [0.25, 0.3) is 0 Å². The molecule has 6 heteroatoms. The highest BCUT2D eigenvalue weighted by molar-refractivity contribution is 5.85. The molecule has 2 fully saturated rings. The second-order valence-corrected chi connectivity index (χ2v) is 8.01. The molecule has 0 saturated carbocycles. The molecule has 1 atom stereocenters. The zero-order valence-electron chi connectivity index (χ0n) is 15.9. The smallest absolute Gasteiger partial charge is 0.242 e. The molecule has 27 heavy (non-hydrogen) atoms. The van der Waals surface area contributed by atoms with Gasteiger partial charge < -0.3 is 19.4 Å². The molecule has 0 bridgehead atoms. The third-order valence-electron chi connectivity index (χ3n) is 6.56. The van der Waals surface area contributed by atoms with Gasteiger partial charge in [-0.15, -0.1) is 0 Å². The Labute approximate surface area is 159 Å². The second kappa shape index (κ2) is 6.62. The Bertz CT molecular complexity index is 853. The predicted octanol–water partition coefficient (Wildman–Crippen LogP) is 1.89. The quantitative estimate of drug-likeness (QED) is 0.834. The Balaban J connectivity index is 1.37. The summed E-state index contributed by atoms with van der Waals surface area (Å²) in [6.07, 6.45) is 2.64. The number of ether oxygens (including phenoxy) is 2. The van der Waals surface area contributed by atoms with E-state index in [1.54, 1.807) is 0 Å². The van der Waals surface area contributed by atoms with Crippen molar-refractivity contribution in [1.29, 1.82) is 0 Å². The molecule has 3 aliphatic rings. The number of amides is 1. The van der Waals surface area contributed by atoms with Gasteiger partial charge in [-0.25, -0.2) is 0 Å². The molecule has 2 aromatic rings. The van der Waals surface area contributed by atoms with Crippen LogP contribution in [0.3, 0.4) is 0 Å². The number of benzene rings is 1. The number of hydrogen-bond acceptors (Lipinski definition) is 4. The number of carbonyl (C=O) groups is 1. The van der Waals surface area contributed by atoms with Crippen LogP contribution in [0.1, 0.15) is 24.1 Å². The van der Waals surface area contributed by atoms with E-state index in [-0.39, 0.29) is 17.6 Å². The van der Waals surface area contributed by atoms with E-state index in [1.165, 1.54) is 22.2 Å². The van der Waals surface area contributed by atoms with Gasteiger partial charge in [0.05, 0.1) is 25.5 Å². The molecule has 3 aliphatic heterocycles. The fourth-order valence-corrected chi connectivity index (χ4v) is 4.91. The van der Waals surface area contributed by atoms with Crippen molar-refractivity contribution in [3.05, 3.63) is 35.5 Å². The summed E-state index contributed by atoms with van der Waals surface area (Å²) in [6, 6.07) is 8.36. The number of likely N-dealkylation sites (N-methyl/N-ethyl adjacent to an activating group) is 1. The topological polar surface area (TPSA) is 57.8 Å². The average Bonchev–Trinajstić information content (AvgIpc) is 3.09. The number of fused-ring (bicyclic) bond motifs is 4. The zero-order chi connectivity index (χ0) is 18.4. The van der Waals surface area contributed by atoms with Crippen LogP contribution >= 0.6 is 0 Å². The van der Waals surface area contributed by atoms with Crippen molar-refractivity contribution in [2.75, 3.05) is 46.5 Å². The minimum Gasteiger partial charge on any atom is -0.378 e. The number of aromatic nitrogens is 1. The molecule has 2 saturated heterocycles. The zero-order valence-corrected chi connectivity index (χ0v) is 15.9. The highest BCUT2D eigenvalue weighted by Crippen LogP contribution is 2.43. The van der Waals surface area contributed by atoms with Crippen molar-refractivity contribution in [3.8, 4) is 0 Å². The Morgan fingerprint density at radius 3 is 2.81 bits per heavy atom. The summed E-state index contributed by atoms with van der Waals surface area (Å²) >= 11 is 0. The first-order valence-electron chi connectivity index (χ1n) is 9.99. The number of para-hydroxylation sites is 1. The molecule has 1 aromatic heterocycles. The van der Waals surface area contributed by atoms with Gasteiger partial charge in [0.15, 0.2) is 0 Å². The Hall–Kier alpha value is -1.89. The largest absolute Gasteiger partial charge is 0.378 e. The number of rotatable bonds is 1. The number of aromatic amines is 1. The van der Waals surface area contributed by atoms with Crippen LogP contribution in [0.2, 0.25) is 0 Å². The fourth-order valence-electron chi connectivity index (χ4n) is 4.91. The number of morpholine rings is 1. The number of nitrogens with zero attached hydrogens (tertiary/aromatic N) is 2. The standard InChI is InChI=1S/C21H27N3O3/c1-23-11-13-26-14-18(23)20(25)24-9-7-21(8-10-24)19-16(6-12-27-21)15-4-2-3-5-17(15)22-19/h2-5,18,22H,6-14H2,1H3. The van der Waals surface area contributed by atoms with Gasteiger partial charge in [-0.05, 0) is 37.9 Å². The summed E-state index contributed by atoms with van der Waals surface area (Å²) < 4.78 is 11.9. The molecule has 1 N–H and O–H groups in total.